The highest BCUT2D eigenvalue weighted by Gasteiger charge is 2.22. The minimum atomic E-state index is 0.0641. The molecule has 0 bridgehead atoms. The number of fused-ring (bicyclic) bond motifs is 1. The Bertz CT molecular complexity index is 717. The van der Waals surface area contributed by atoms with Gasteiger partial charge in [0.15, 0.2) is 0 Å². The van der Waals surface area contributed by atoms with Crippen molar-refractivity contribution in [3.8, 4) is 0 Å². The molecule has 1 N–H and O–H groups in total. The van der Waals surface area contributed by atoms with Crippen LogP contribution in [0.1, 0.15) is 30.7 Å². The maximum absolute atomic E-state index is 6.05. The van der Waals surface area contributed by atoms with E-state index in [1.54, 1.807) is 11.3 Å². The van der Waals surface area contributed by atoms with Gasteiger partial charge >= 0.3 is 0 Å². The molecule has 5 heteroatoms. The van der Waals surface area contributed by atoms with Gasteiger partial charge in [0.2, 0.25) is 0 Å². The van der Waals surface area contributed by atoms with Gasteiger partial charge in [0.1, 0.15) is 11.3 Å². The summed E-state index contributed by atoms with van der Waals surface area (Å²) in [5, 5.41) is 4.72. The lowest BCUT2D eigenvalue weighted by Crippen LogP contribution is -2.22. The molecule has 3 rings (SSSR count). The van der Waals surface area contributed by atoms with E-state index in [-0.39, 0.29) is 6.04 Å². The minimum Gasteiger partial charge on any atom is -0.459 e. The predicted molar refractivity (Wildman–Crippen MR) is 96.1 cm³/mol. The summed E-state index contributed by atoms with van der Waals surface area (Å²) in [5.41, 5.74) is 2.14. The van der Waals surface area contributed by atoms with Crippen LogP contribution in [0.15, 0.2) is 48.4 Å². The smallest absolute Gasteiger partial charge is 0.134 e. The summed E-state index contributed by atoms with van der Waals surface area (Å²) in [6, 6.07) is 12.5. The van der Waals surface area contributed by atoms with E-state index in [4.69, 9.17) is 4.42 Å². The largest absolute Gasteiger partial charge is 0.459 e. The zero-order valence-corrected chi connectivity index (χ0v) is 15.5. The third kappa shape index (κ3) is 3.26. The molecule has 21 heavy (non-hydrogen) atoms. The van der Waals surface area contributed by atoms with Gasteiger partial charge < -0.3 is 9.73 Å². The van der Waals surface area contributed by atoms with Crippen LogP contribution in [0.3, 0.4) is 0 Å². The van der Waals surface area contributed by atoms with Gasteiger partial charge in [0.05, 0.1) is 13.6 Å². The van der Waals surface area contributed by atoms with Gasteiger partial charge in [-0.2, -0.15) is 0 Å². The van der Waals surface area contributed by atoms with Gasteiger partial charge in [-0.05, 0) is 63.0 Å². The summed E-state index contributed by atoms with van der Waals surface area (Å²) in [7, 11) is 0. The predicted octanol–water partition coefficient (Wildman–Crippen LogP) is 6.11. The van der Waals surface area contributed by atoms with E-state index in [1.165, 1.54) is 5.56 Å². The fourth-order valence-electron chi connectivity index (χ4n) is 2.35. The molecule has 3 aromatic rings. The fourth-order valence-corrected chi connectivity index (χ4v) is 5.25. The normalized spacial score (nSPS) is 12.9. The van der Waals surface area contributed by atoms with Crippen molar-refractivity contribution >= 4 is 54.2 Å². The first-order valence-corrected chi connectivity index (χ1v) is 9.26. The van der Waals surface area contributed by atoms with Crippen LogP contribution < -0.4 is 5.32 Å². The number of halogens is 2. The molecule has 1 aromatic carbocycles. The highest BCUT2D eigenvalue weighted by Crippen LogP contribution is 2.39. The Labute approximate surface area is 144 Å². The Balaban J connectivity index is 2.04. The average Bonchev–Trinajstić information content (AvgIpc) is 3.03. The summed E-state index contributed by atoms with van der Waals surface area (Å²) in [6.07, 6.45) is 1.08. The first kappa shape index (κ1) is 15.3. The number of benzene rings is 1. The van der Waals surface area contributed by atoms with Crippen molar-refractivity contribution in [1.82, 2.24) is 5.32 Å². The van der Waals surface area contributed by atoms with E-state index in [9.17, 15) is 0 Å². The van der Waals surface area contributed by atoms with Crippen LogP contribution >= 0.6 is 43.2 Å². The molecule has 2 heterocycles. The van der Waals surface area contributed by atoms with E-state index in [0.29, 0.717) is 0 Å². The third-order valence-electron chi connectivity index (χ3n) is 3.32. The molecule has 2 nitrogen and oxygen atoms in total. The number of para-hydroxylation sites is 1. The number of hydrogen-bond acceptors (Lipinski definition) is 3. The molecule has 0 aliphatic heterocycles. The van der Waals surface area contributed by atoms with Crippen LogP contribution in [0, 0.1) is 0 Å². The van der Waals surface area contributed by atoms with E-state index in [1.807, 2.05) is 18.2 Å². The van der Waals surface area contributed by atoms with Crippen LogP contribution in [-0.2, 0) is 0 Å². The molecule has 1 unspecified atom stereocenters. The van der Waals surface area contributed by atoms with E-state index < -0.39 is 0 Å². The highest BCUT2D eigenvalue weighted by atomic mass is 79.9. The van der Waals surface area contributed by atoms with Crippen LogP contribution in [0.2, 0.25) is 0 Å². The van der Waals surface area contributed by atoms with Gasteiger partial charge in [0.25, 0.3) is 0 Å². The molecule has 1 atom stereocenters. The van der Waals surface area contributed by atoms with Crippen molar-refractivity contribution in [3.05, 3.63) is 55.3 Å². The SMILES string of the molecule is CCCNC(c1cc2ccccc2o1)c1cc(Br)sc1Br. The zero-order chi connectivity index (χ0) is 14.8. The number of furan rings is 1. The minimum absolute atomic E-state index is 0.0641. The third-order valence-corrected chi connectivity index (χ3v) is 5.71. The van der Waals surface area contributed by atoms with E-state index in [2.05, 4.69) is 62.3 Å². The highest BCUT2D eigenvalue weighted by molar-refractivity contribution is 9.12. The van der Waals surface area contributed by atoms with Gasteiger partial charge in [-0.25, -0.2) is 0 Å². The molecule has 0 fully saturated rings. The van der Waals surface area contributed by atoms with Gasteiger partial charge in [0, 0.05) is 10.9 Å². The van der Waals surface area contributed by atoms with Crippen molar-refractivity contribution in [2.75, 3.05) is 6.54 Å². The monoisotopic (exact) mass is 427 g/mol. The zero-order valence-electron chi connectivity index (χ0n) is 11.5. The topological polar surface area (TPSA) is 25.2 Å². The summed E-state index contributed by atoms with van der Waals surface area (Å²) in [6.45, 7) is 3.11. The Kier molecular flexibility index (Phi) is 4.84. The summed E-state index contributed by atoms with van der Waals surface area (Å²) < 4.78 is 8.29. The summed E-state index contributed by atoms with van der Waals surface area (Å²) in [4.78, 5) is 0. The Morgan fingerprint density at radius 1 is 1.24 bits per heavy atom. The van der Waals surface area contributed by atoms with Crippen LogP contribution in [-0.4, -0.2) is 6.54 Å². The molecule has 0 amide bonds. The number of hydrogen-bond donors (Lipinski definition) is 1. The first-order chi connectivity index (χ1) is 10.2. The lowest BCUT2D eigenvalue weighted by atomic mass is 10.1. The Morgan fingerprint density at radius 2 is 2.05 bits per heavy atom. The molecule has 2 aromatic heterocycles. The number of rotatable bonds is 5. The van der Waals surface area contributed by atoms with Gasteiger partial charge in [-0.3, -0.25) is 0 Å². The van der Waals surface area contributed by atoms with Crippen molar-refractivity contribution in [1.29, 1.82) is 0 Å². The van der Waals surface area contributed by atoms with Crippen molar-refractivity contribution in [2.24, 2.45) is 0 Å². The molecular weight excluding hydrogens is 414 g/mol. The van der Waals surface area contributed by atoms with Gasteiger partial charge in [-0.15, -0.1) is 11.3 Å². The summed E-state index contributed by atoms with van der Waals surface area (Å²) >= 11 is 8.90. The first-order valence-electron chi connectivity index (χ1n) is 6.85. The maximum atomic E-state index is 6.05. The standard InChI is InChI=1S/C16H15Br2NOS/c1-2-7-19-15(11-9-14(17)21-16(11)18)13-8-10-5-3-4-6-12(10)20-13/h3-6,8-9,15,19H,2,7H2,1H3. The molecule has 0 saturated carbocycles. The second-order valence-electron chi connectivity index (χ2n) is 4.85. The van der Waals surface area contributed by atoms with Crippen LogP contribution in [0.4, 0.5) is 0 Å². The quantitative estimate of drug-likeness (QED) is 0.530. The Hall–Kier alpha value is -0.620. The van der Waals surface area contributed by atoms with Gasteiger partial charge in [-0.1, -0.05) is 25.1 Å². The molecule has 0 aliphatic carbocycles. The molecule has 0 radical (unpaired) electrons. The molecule has 0 aliphatic rings. The lowest BCUT2D eigenvalue weighted by Gasteiger charge is -2.15. The van der Waals surface area contributed by atoms with Crippen molar-refractivity contribution in [2.45, 2.75) is 19.4 Å². The average molecular weight is 429 g/mol. The Morgan fingerprint density at radius 3 is 2.71 bits per heavy atom. The number of nitrogens with one attached hydrogen (secondary N) is 1. The van der Waals surface area contributed by atoms with Crippen molar-refractivity contribution < 1.29 is 4.42 Å². The molecule has 0 saturated heterocycles. The molecule has 110 valence electrons. The summed E-state index contributed by atoms with van der Waals surface area (Å²) in [5.74, 6) is 0.954. The molecular formula is C16H15Br2NOS. The second kappa shape index (κ2) is 6.65. The van der Waals surface area contributed by atoms with Crippen LogP contribution in [0.25, 0.3) is 11.0 Å². The second-order valence-corrected chi connectivity index (χ2v) is 8.60. The lowest BCUT2D eigenvalue weighted by molar-refractivity contribution is 0.469. The van der Waals surface area contributed by atoms with Crippen molar-refractivity contribution in [3.63, 3.8) is 0 Å². The van der Waals surface area contributed by atoms with Crippen LogP contribution in [0.5, 0.6) is 0 Å². The van der Waals surface area contributed by atoms with E-state index >= 15 is 0 Å². The maximum Gasteiger partial charge on any atom is 0.134 e. The van der Waals surface area contributed by atoms with E-state index in [0.717, 1.165) is 37.3 Å². The fraction of sp³-hybridized carbons (Fsp3) is 0.250. The molecule has 0 spiro atoms. The number of thiophene rings is 1.